The second-order valence-electron chi connectivity index (χ2n) is 4.73. The van der Waals surface area contributed by atoms with Crippen molar-refractivity contribution in [3.63, 3.8) is 0 Å². The Hall–Kier alpha value is -2.14. The van der Waals surface area contributed by atoms with Crippen molar-refractivity contribution >= 4 is 23.2 Å². The zero-order chi connectivity index (χ0) is 15.0. The molecule has 3 nitrogen and oxygen atoms in total. The number of rotatable bonds is 2. The molecular formula is C15H12ClF2N3. The fourth-order valence-electron chi connectivity index (χ4n) is 2.44. The van der Waals surface area contributed by atoms with E-state index >= 15 is 0 Å². The quantitative estimate of drug-likeness (QED) is 0.922. The maximum Gasteiger partial charge on any atom is 0.196 e. The fourth-order valence-corrected chi connectivity index (χ4v) is 2.63. The van der Waals surface area contributed by atoms with E-state index in [1.807, 2.05) is 6.07 Å². The first kappa shape index (κ1) is 13.8. The Kier molecular flexibility index (Phi) is 3.51. The highest BCUT2D eigenvalue weighted by molar-refractivity contribution is 6.30. The molecule has 1 heterocycles. The lowest BCUT2D eigenvalue weighted by atomic mass is 10.0. The molecule has 1 atom stereocenters. The maximum absolute atomic E-state index is 14.0. The monoisotopic (exact) mass is 307 g/mol. The summed E-state index contributed by atoms with van der Waals surface area (Å²) in [5, 5.41) is 0.547. The highest BCUT2D eigenvalue weighted by Gasteiger charge is 2.30. The summed E-state index contributed by atoms with van der Waals surface area (Å²) in [4.78, 5) is 5.86. The van der Waals surface area contributed by atoms with Crippen LogP contribution in [0.5, 0.6) is 0 Å². The predicted molar refractivity (Wildman–Crippen MR) is 79.5 cm³/mol. The Morgan fingerprint density at radius 2 is 2.00 bits per heavy atom. The van der Waals surface area contributed by atoms with Gasteiger partial charge in [0.25, 0.3) is 0 Å². The van der Waals surface area contributed by atoms with Crippen LogP contribution in [0.4, 0.5) is 14.5 Å². The van der Waals surface area contributed by atoms with Gasteiger partial charge in [-0.15, -0.1) is 0 Å². The van der Waals surface area contributed by atoms with E-state index in [0.29, 0.717) is 17.1 Å². The third kappa shape index (κ3) is 2.56. The first-order chi connectivity index (χ1) is 10.1. The van der Waals surface area contributed by atoms with Crippen LogP contribution in [0, 0.1) is 11.6 Å². The molecule has 108 valence electrons. The first-order valence-electron chi connectivity index (χ1n) is 6.36. The summed E-state index contributed by atoms with van der Waals surface area (Å²) in [5.74, 6) is -0.944. The highest BCUT2D eigenvalue weighted by Crippen LogP contribution is 2.33. The Bertz CT molecular complexity index is 718. The SMILES string of the molecule is NC1=NCC(c2ccc(F)cc2F)N1c1cccc(Cl)c1. The lowest BCUT2D eigenvalue weighted by Gasteiger charge is -2.27. The van der Waals surface area contributed by atoms with Crippen LogP contribution in [0.3, 0.4) is 0 Å². The standard InChI is InChI=1S/C15H12ClF2N3/c16-9-2-1-3-11(6-9)21-14(8-20-15(21)19)12-5-4-10(17)7-13(12)18/h1-7,14H,8H2,(H2,19,20). The third-order valence-corrected chi connectivity index (χ3v) is 3.63. The molecule has 0 saturated carbocycles. The van der Waals surface area contributed by atoms with Gasteiger partial charge in [-0.25, -0.2) is 8.78 Å². The van der Waals surface area contributed by atoms with E-state index in [2.05, 4.69) is 4.99 Å². The van der Waals surface area contributed by atoms with Gasteiger partial charge in [-0.1, -0.05) is 23.7 Å². The Labute approximate surface area is 125 Å². The van der Waals surface area contributed by atoms with Crippen LogP contribution in [-0.4, -0.2) is 12.5 Å². The number of hydrogen-bond acceptors (Lipinski definition) is 3. The van der Waals surface area contributed by atoms with Crippen molar-refractivity contribution in [3.8, 4) is 0 Å². The van der Waals surface area contributed by atoms with Crippen LogP contribution >= 0.6 is 11.6 Å². The van der Waals surface area contributed by atoms with E-state index < -0.39 is 17.7 Å². The van der Waals surface area contributed by atoms with Gasteiger partial charge in [-0.05, 0) is 24.3 Å². The van der Waals surface area contributed by atoms with Gasteiger partial charge in [-0.2, -0.15) is 0 Å². The number of benzene rings is 2. The Morgan fingerprint density at radius 1 is 1.19 bits per heavy atom. The van der Waals surface area contributed by atoms with Crippen LogP contribution < -0.4 is 10.6 Å². The Balaban J connectivity index is 2.03. The van der Waals surface area contributed by atoms with Crippen LogP contribution in [0.15, 0.2) is 47.5 Å². The van der Waals surface area contributed by atoms with Gasteiger partial charge < -0.3 is 10.6 Å². The summed E-state index contributed by atoms with van der Waals surface area (Å²) in [5.41, 5.74) is 6.97. The second kappa shape index (κ2) is 5.33. The summed E-state index contributed by atoms with van der Waals surface area (Å²) in [6, 6.07) is 10.1. The molecular weight excluding hydrogens is 296 g/mol. The largest absolute Gasteiger partial charge is 0.369 e. The predicted octanol–water partition coefficient (Wildman–Crippen LogP) is 3.49. The van der Waals surface area contributed by atoms with E-state index in [0.717, 1.165) is 11.8 Å². The lowest BCUT2D eigenvalue weighted by Crippen LogP contribution is -2.36. The molecule has 1 aliphatic heterocycles. The minimum absolute atomic E-state index is 0.283. The zero-order valence-electron chi connectivity index (χ0n) is 10.9. The number of anilines is 1. The van der Waals surface area contributed by atoms with Crippen molar-refractivity contribution in [2.24, 2.45) is 10.7 Å². The summed E-state index contributed by atoms with van der Waals surface area (Å²) in [7, 11) is 0. The van der Waals surface area contributed by atoms with Crippen LogP contribution in [0.2, 0.25) is 5.02 Å². The average Bonchev–Trinajstić information content (AvgIpc) is 2.80. The van der Waals surface area contributed by atoms with Gasteiger partial charge in [0, 0.05) is 22.3 Å². The average molecular weight is 308 g/mol. The molecule has 3 rings (SSSR count). The third-order valence-electron chi connectivity index (χ3n) is 3.39. The number of nitrogens with two attached hydrogens (primary N) is 1. The number of nitrogens with zero attached hydrogens (tertiary/aromatic N) is 2. The van der Waals surface area contributed by atoms with Crippen LogP contribution in [0.25, 0.3) is 0 Å². The van der Waals surface area contributed by atoms with Crippen LogP contribution in [0.1, 0.15) is 11.6 Å². The number of guanidine groups is 1. The van der Waals surface area contributed by atoms with E-state index in [1.54, 1.807) is 23.1 Å². The van der Waals surface area contributed by atoms with Crippen molar-refractivity contribution < 1.29 is 8.78 Å². The lowest BCUT2D eigenvalue weighted by molar-refractivity contribution is 0.560. The number of hydrogen-bond donors (Lipinski definition) is 1. The van der Waals surface area contributed by atoms with Gasteiger partial charge >= 0.3 is 0 Å². The van der Waals surface area contributed by atoms with Crippen molar-refractivity contribution in [2.75, 3.05) is 11.4 Å². The van der Waals surface area contributed by atoms with Crippen molar-refractivity contribution in [1.29, 1.82) is 0 Å². The van der Waals surface area contributed by atoms with Crippen molar-refractivity contribution in [2.45, 2.75) is 6.04 Å². The molecule has 2 aromatic rings. The molecule has 0 amide bonds. The number of halogens is 3. The molecule has 21 heavy (non-hydrogen) atoms. The van der Waals surface area contributed by atoms with Gasteiger partial charge in [0.1, 0.15) is 11.6 Å². The fraction of sp³-hybridized carbons (Fsp3) is 0.133. The minimum Gasteiger partial charge on any atom is -0.369 e. The van der Waals surface area contributed by atoms with E-state index in [9.17, 15) is 8.78 Å². The first-order valence-corrected chi connectivity index (χ1v) is 6.74. The summed E-state index contributed by atoms with van der Waals surface area (Å²) in [6.45, 7) is 0.306. The maximum atomic E-state index is 14.0. The smallest absolute Gasteiger partial charge is 0.196 e. The van der Waals surface area contributed by atoms with Gasteiger partial charge in [0.2, 0.25) is 0 Å². The Morgan fingerprint density at radius 3 is 2.71 bits per heavy atom. The normalized spacial score (nSPS) is 18.0. The van der Waals surface area contributed by atoms with Crippen LogP contribution in [-0.2, 0) is 0 Å². The summed E-state index contributed by atoms with van der Waals surface area (Å²) in [6.07, 6.45) is 0. The second-order valence-corrected chi connectivity index (χ2v) is 5.17. The molecule has 0 fully saturated rings. The van der Waals surface area contributed by atoms with Gasteiger partial charge in [-0.3, -0.25) is 4.99 Å². The van der Waals surface area contributed by atoms with Crippen molar-refractivity contribution in [1.82, 2.24) is 0 Å². The molecule has 0 aliphatic carbocycles. The van der Waals surface area contributed by atoms with E-state index in [-0.39, 0.29) is 5.96 Å². The summed E-state index contributed by atoms with van der Waals surface area (Å²) >= 11 is 5.99. The van der Waals surface area contributed by atoms with Gasteiger partial charge in [0.15, 0.2) is 5.96 Å². The molecule has 1 unspecified atom stereocenters. The van der Waals surface area contributed by atoms with E-state index in [1.165, 1.54) is 12.1 Å². The number of aliphatic imine (C=N–C) groups is 1. The molecule has 0 radical (unpaired) electrons. The topological polar surface area (TPSA) is 41.6 Å². The highest BCUT2D eigenvalue weighted by atomic mass is 35.5. The van der Waals surface area contributed by atoms with E-state index in [4.69, 9.17) is 17.3 Å². The summed E-state index contributed by atoms with van der Waals surface area (Å²) < 4.78 is 27.1. The molecule has 1 aliphatic rings. The minimum atomic E-state index is -0.614. The zero-order valence-corrected chi connectivity index (χ0v) is 11.7. The molecule has 2 aromatic carbocycles. The van der Waals surface area contributed by atoms with Crippen molar-refractivity contribution in [3.05, 3.63) is 64.7 Å². The molecule has 0 aromatic heterocycles. The molecule has 6 heteroatoms. The molecule has 0 saturated heterocycles. The molecule has 2 N–H and O–H groups in total. The van der Waals surface area contributed by atoms with Gasteiger partial charge in [0.05, 0.1) is 12.6 Å². The molecule has 0 bridgehead atoms. The molecule has 0 spiro atoms.